The number of nitrogens with zero attached hydrogens (tertiary/aromatic N) is 1. The van der Waals surface area contributed by atoms with Crippen molar-refractivity contribution in [2.24, 2.45) is 0 Å². The SMILES string of the molecule is O=C(Nc1ccccn1)c1cccc(OCc2cccc(F)c2)c1. The number of ether oxygens (including phenoxy) is 1. The van der Waals surface area contributed by atoms with Crippen molar-refractivity contribution in [2.45, 2.75) is 6.61 Å². The van der Waals surface area contributed by atoms with E-state index in [4.69, 9.17) is 4.74 Å². The molecule has 24 heavy (non-hydrogen) atoms. The molecule has 5 heteroatoms. The summed E-state index contributed by atoms with van der Waals surface area (Å²) in [5, 5.41) is 2.71. The third-order valence-electron chi connectivity index (χ3n) is 3.30. The van der Waals surface area contributed by atoms with E-state index in [1.54, 1.807) is 60.8 Å². The maximum atomic E-state index is 13.2. The number of benzene rings is 2. The molecule has 3 rings (SSSR count). The Morgan fingerprint density at radius 3 is 2.71 bits per heavy atom. The van der Waals surface area contributed by atoms with Crippen LogP contribution >= 0.6 is 0 Å². The number of hydrogen-bond donors (Lipinski definition) is 1. The number of amides is 1. The van der Waals surface area contributed by atoms with Crippen molar-refractivity contribution < 1.29 is 13.9 Å². The molecule has 0 saturated heterocycles. The molecule has 1 heterocycles. The summed E-state index contributed by atoms with van der Waals surface area (Å²) in [5.74, 6) is 0.436. The van der Waals surface area contributed by atoms with Crippen LogP contribution < -0.4 is 10.1 Å². The third-order valence-corrected chi connectivity index (χ3v) is 3.30. The van der Waals surface area contributed by atoms with Crippen LogP contribution in [0.4, 0.5) is 10.2 Å². The Hall–Kier alpha value is -3.21. The fourth-order valence-corrected chi connectivity index (χ4v) is 2.15. The molecule has 1 N–H and O–H groups in total. The third kappa shape index (κ3) is 4.16. The number of pyridine rings is 1. The number of rotatable bonds is 5. The maximum Gasteiger partial charge on any atom is 0.256 e. The minimum absolute atomic E-state index is 0.225. The predicted molar refractivity (Wildman–Crippen MR) is 89.4 cm³/mol. The molecule has 0 saturated carbocycles. The molecule has 3 aromatic rings. The lowest BCUT2D eigenvalue weighted by Crippen LogP contribution is -2.12. The summed E-state index contributed by atoms with van der Waals surface area (Å²) in [5.41, 5.74) is 1.18. The van der Waals surface area contributed by atoms with Crippen LogP contribution in [0, 0.1) is 5.82 Å². The van der Waals surface area contributed by atoms with Crippen molar-refractivity contribution in [3.05, 3.63) is 89.9 Å². The van der Waals surface area contributed by atoms with Crippen molar-refractivity contribution in [1.29, 1.82) is 0 Å². The fraction of sp³-hybridized carbons (Fsp3) is 0.0526. The lowest BCUT2D eigenvalue weighted by Gasteiger charge is -2.09. The molecule has 2 aromatic carbocycles. The van der Waals surface area contributed by atoms with Gasteiger partial charge in [-0.05, 0) is 48.0 Å². The van der Waals surface area contributed by atoms with Gasteiger partial charge in [-0.15, -0.1) is 0 Å². The van der Waals surface area contributed by atoms with E-state index in [2.05, 4.69) is 10.3 Å². The number of nitrogens with one attached hydrogen (secondary N) is 1. The number of hydrogen-bond acceptors (Lipinski definition) is 3. The van der Waals surface area contributed by atoms with Crippen molar-refractivity contribution >= 4 is 11.7 Å². The zero-order valence-corrected chi connectivity index (χ0v) is 12.8. The van der Waals surface area contributed by atoms with Gasteiger partial charge in [0.15, 0.2) is 0 Å². The fourth-order valence-electron chi connectivity index (χ4n) is 2.15. The van der Waals surface area contributed by atoms with Gasteiger partial charge >= 0.3 is 0 Å². The first kappa shape index (κ1) is 15.7. The summed E-state index contributed by atoms with van der Waals surface area (Å²) < 4.78 is 18.8. The molecule has 1 amide bonds. The Labute approximate surface area is 138 Å². The van der Waals surface area contributed by atoms with Gasteiger partial charge in [0.2, 0.25) is 0 Å². The highest BCUT2D eigenvalue weighted by molar-refractivity contribution is 6.03. The van der Waals surface area contributed by atoms with Crippen LogP contribution in [0.3, 0.4) is 0 Å². The van der Waals surface area contributed by atoms with Gasteiger partial charge in [-0.2, -0.15) is 0 Å². The van der Waals surface area contributed by atoms with E-state index in [1.807, 2.05) is 0 Å². The molecular formula is C19H15FN2O2. The summed E-state index contributed by atoms with van der Waals surface area (Å²) in [4.78, 5) is 16.3. The van der Waals surface area contributed by atoms with Gasteiger partial charge in [0, 0.05) is 11.8 Å². The molecule has 0 aliphatic carbocycles. The van der Waals surface area contributed by atoms with Crippen molar-refractivity contribution in [3.8, 4) is 5.75 Å². The molecule has 0 aliphatic heterocycles. The summed E-state index contributed by atoms with van der Waals surface area (Å²) in [6, 6.07) is 18.3. The second-order valence-electron chi connectivity index (χ2n) is 5.12. The van der Waals surface area contributed by atoms with Crippen molar-refractivity contribution in [2.75, 3.05) is 5.32 Å². The van der Waals surface area contributed by atoms with Gasteiger partial charge in [0.1, 0.15) is 24.0 Å². The number of halogens is 1. The smallest absolute Gasteiger partial charge is 0.256 e. The van der Waals surface area contributed by atoms with Crippen molar-refractivity contribution in [1.82, 2.24) is 4.98 Å². The number of carbonyl (C=O) groups excluding carboxylic acids is 1. The summed E-state index contributed by atoms with van der Waals surface area (Å²) in [7, 11) is 0. The highest BCUT2D eigenvalue weighted by Gasteiger charge is 2.08. The van der Waals surface area contributed by atoms with E-state index in [9.17, 15) is 9.18 Å². The lowest BCUT2D eigenvalue weighted by atomic mass is 10.2. The monoisotopic (exact) mass is 322 g/mol. The molecule has 120 valence electrons. The Morgan fingerprint density at radius 2 is 1.92 bits per heavy atom. The summed E-state index contributed by atoms with van der Waals surface area (Å²) in [6.07, 6.45) is 1.61. The van der Waals surface area contributed by atoms with Crippen LogP contribution in [0.5, 0.6) is 5.75 Å². The first-order valence-electron chi connectivity index (χ1n) is 7.40. The zero-order chi connectivity index (χ0) is 16.8. The van der Waals surface area contributed by atoms with E-state index in [1.165, 1.54) is 12.1 Å². The Balaban J connectivity index is 1.66. The topological polar surface area (TPSA) is 51.2 Å². The molecule has 0 aliphatic rings. The normalized spacial score (nSPS) is 10.2. The quantitative estimate of drug-likeness (QED) is 0.771. The van der Waals surface area contributed by atoms with E-state index >= 15 is 0 Å². The van der Waals surface area contributed by atoms with Crippen LogP contribution in [0.15, 0.2) is 72.9 Å². The Bertz CT molecular complexity index is 838. The summed E-state index contributed by atoms with van der Waals surface area (Å²) in [6.45, 7) is 0.225. The van der Waals surface area contributed by atoms with Gasteiger partial charge in [-0.25, -0.2) is 9.37 Å². The number of aromatic nitrogens is 1. The van der Waals surface area contributed by atoms with E-state index < -0.39 is 0 Å². The molecule has 0 fully saturated rings. The Morgan fingerprint density at radius 1 is 1.04 bits per heavy atom. The largest absolute Gasteiger partial charge is 0.489 e. The van der Waals surface area contributed by atoms with Crippen LogP contribution in [0.25, 0.3) is 0 Å². The van der Waals surface area contributed by atoms with Crippen LogP contribution in [0.2, 0.25) is 0 Å². The molecule has 4 nitrogen and oxygen atoms in total. The Kier molecular flexibility index (Phi) is 4.81. The highest BCUT2D eigenvalue weighted by Crippen LogP contribution is 2.16. The average molecular weight is 322 g/mol. The molecule has 1 aromatic heterocycles. The van der Waals surface area contributed by atoms with Crippen LogP contribution in [-0.2, 0) is 6.61 Å². The first-order valence-corrected chi connectivity index (χ1v) is 7.40. The molecular weight excluding hydrogens is 307 g/mol. The van der Waals surface area contributed by atoms with Crippen molar-refractivity contribution in [3.63, 3.8) is 0 Å². The van der Waals surface area contributed by atoms with Crippen LogP contribution in [-0.4, -0.2) is 10.9 Å². The van der Waals surface area contributed by atoms with Gasteiger partial charge in [-0.3, -0.25) is 4.79 Å². The molecule has 0 atom stereocenters. The first-order chi connectivity index (χ1) is 11.7. The van der Waals surface area contributed by atoms with Gasteiger partial charge in [0.25, 0.3) is 5.91 Å². The molecule has 0 spiro atoms. The van der Waals surface area contributed by atoms with E-state index in [-0.39, 0.29) is 18.3 Å². The van der Waals surface area contributed by atoms with Gasteiger partial charge in [0.05, 0.1) is 0 Å². The predicted octanol–water partition coefficient (Wildman–Crippen LogP) is 4.05. The second-order valence-corrected chi connectivity index (χ2v) is 5.12. The second kappa shape index (κ2) is 7.37. The highest BCUT2D eigenvalue weighted by atomic mass is 19.1. The van der Waals surface area contributed by atoms with Crippen LogP contribution in [0.1, 0.15) is 15.9 Å². The molecule has 0 unspecified atom stereocenters. The number of anilines is 1. The lowest BCUT2D eigenvalue weighted by molar-refractivity contribution is 0.102. The molecule has 0 radical (unpaired) electrons. The average Bonchev–Trinajstić information content (AvgIpc) is 2.61. The zero-order valence-electron chi connectivity index (χ0n) is 12.8. The minimum atomic E-state index is -0.306. The number of carbonyl (C=O) groups is 1. The van der Waals surface area contributed by atoms with E-state index in [0.29, 0.717) is 17.1 Å². The standard InChI is InChI=1S/C19H15FN2O2/c20-16-7-3-5-14(11-16)13-24-17-8-4-6-15(12-17)19(23)22-18-9-1-2-10-21-18/h1-12H,13H2,(H,21,22,23). The maximum absolute atomic E-state index is 13.2. The van der Waals surface area contributed by atoms with Gasteiger partial charge in [-0.1, -0.05) is 24.3 Å². The minimum Gasteiger partial charge on any atom is -0.489 e. The molecule has 0 bridgehead atoms. The van der Waals surface area contributed by atoms with E-state index in [0.717, 1.165) is 5.56 Å². The summed E-state index contributed by atoms with van der Waals surface area (Å²) >= 11 is 0. The van der Waals surface area contributed by atoms with Gasteiger partial charge < -0.3 is 10.1 Å².